The molecule has 3 aromatic carbocycles. The number of rotatable bonds is 2. The Bertz CT molecular complexity index is 1290. The van der Waals surface area contributed by atoms with Gasteiger partial charge in [0.05, 0.1) is 18.3 Å². The first-order chi connectivity index (χ1) is 15.5. The van der Waals surface area contributed by atoms with Gasteiger partial charge in [0.15, 0.2) is 0 Å². The monoisotopic (exact) mass is 421 g/mol. The van der Waals surface area contributed by atoms with Crippen molar-refractivity contribution >= 4 is 11.7 Å². The molecule has 160 valence electrons. The van der Waals surface area contributed by atoms with Crippen molar-refractivity contribution in [2.75, 3.05) is 5.32 Å². The average molecular weight is 422 g/mol. The Morgan fingerprint density at radius 3 is 2.41 bits per heavy atom. The highest BCUT2D eigenvalue weighted by Gasteiger charge is 2.33. The number of hydrogen-bond donors (Lipinski definition) is 1. The van der Waals surface area contributed by atoms with Crippen LogP contribution in [-0.4, -0.2) is 15.5 Å². The van der Waals surface area contributed by atoms with Crippen molar-refractivity contribution < 1.29 is 4.79 Å². The minimum atomic E-state index is -0.205. The van der Waals surface area contributed by atoms with Crippen LogP contribution in [0.2, 0.25) is 0 Å². The van der Waals surface area contributed by atoms with Crippen molar-refractivity contribution in [3.8, 4) is 5.69 Å². The van der Waals surface area contributed by atoms with Crippen LogP contribution in [0.5, 0.6) is 0 Å². The van der Waals surface area contributed by atoms with E-state index in [1.807, 2.05) is 30.0 Å². The zero-order valence-electron chi connectivity index (χ0n) is 18.7. The Morgan fingerprint density at radius 1 is 0.875 bits per heavy atom. The van der Waals surface area contributed by atoms with Gasteiger partial charge in [-0.25, -0.2) is 4.79 Å². The number of para-hydroxylation sites is 1. The number of fused-ring (bicyclic) bond motifs is 3. The van der Waals surface area contributed by atoms with Crippen molar-refractivity contribution in [3.05, 3.63) is 119 Å². The zero-order valence-corrected chi connectivity index (χ0v) is 18.7. The van der Waals surface area contributed by atoms with Gasteiger partial charge >= 0.3 is 6.03 Å². The zero-order chi connectivity index (χ0) is 22.2. The molecule has 1 atom stereocenters. The second kappa shape index (κ2) is 8.04. The van der Waals surface area contributed by atoms with E-state index in [2.05, 4.69) is 90.6 Å². The Balaban J connectivity index is 1.62. The second-order valence-corrected chi connectivity index (χ2v) is 8.62. The molecular formula is C28H27N3O. The normalized spacial score (nSPS) is 15.0. The number of nitrogens with zero attached hydrogens (tertiary/aromatic N) is 2. The maximum atomic E-state index is 13.8. The molecule has 0 radical (unpaired) electrons. The first kappa shape index (κ1) is 20.1. The summed E-state index contributed by atoms with van der Waals surface area (Å²) in [5.41, 5.74) is 8.70. The highest BCUT2D eigenvalue weighted by molar-refractivity contribution is 5.91. The molecule has 0 aliphatic carbocycles. The first-order valence-electron chi connectivity index (χ1n) is 11.0. The SMILES string of the molecule is Cc1ccc([C@H]2c3cccn3-c3ccccc3CN2C(=O)Nc2ccc(C)cc2C)cc1. The summed E-state index contributed by atoms with van der Waals surface area (Å²) in [7, 11) is 0. The Morgan fingerprint density at radius 2 is 1.62 bits per heavy atom. The fraction of sp³-hybridized carbons (Fsp3) is 0.179. The molecule has 4 nitrogen and oxygen atoms in total. The predicted molar refractivity (Wildman–Crippen MR) is 129 cm³/mol. The van der Waals surface area contributed by atoms with Crippen LogP contribution in [0.1, 0.15) is 39.6 Å². The minimum absolute atomic E-state index is 0.105. The molecule has 4 aromatic rings. The molecule has 0 saturated carbocycles. The van der Waals surface area contributed by atoms with Gasteiger partial charge in [0.1, 0.15) is 0 Å². The van der Waals surface area contributed by atoms with Crippen LogP contribution in [0.3, 0.4) is 0 Å². The van der Waals surface area contributed by atoms with Crippen LogP contribution in [-0.2, 0) is 6.54 Å². The lowest BCUT2D eigenvalue weighted by Crippen LogP contribution is -2.38. The molecule has 0 fully saturated rings. The van der Waals surface area contributed by atoms with Gasteiger partial charge in [-0.05, 0) is 61.7 Å². The summed E-state index contributed by atoms with van der Waals surface area (Å²) in [6, 6.07) is 26.8. The topological polar surface area (TPSA) is 37.3 Å². The van der Waals surface area contributed by atoms with Crippen molar-refractivity contribution in [2.24, 2.45) is 0 Å². The number of aryl methyl sites for hydroxylation is 3. The number of anilines is 1. The highest BCUT2D eigenvalue weighted by Crippen LogP contribution is 2.37. The van der Waals surface area contributed by atoms with E-state index in [-0.39, 0.29) is 12.1 Å². The Kier molecular flexibility index (Phi) is 5.06. The number of benzene rings is 3. The number of hydrogen-bond acceptors (Lipinski definition) is 1. The number of amides is 2. The smallest absolute Gasteiger partial charge is 0.318 e. The van der Waals surface area contributed by atoms with E-state index in [0.29, 0.717) is 6.54 Å². The summed E-state index contributed by atoms with van der Waals surface area (Å²) in [6.07, 6.45) is 2.08. The molecule has 0 bridgehead atoms. The molecule has 2 amide bonds. The summed E-state index contributed by atoms with van der Waals surface area (Å²) >= 11 is 0. The van der Waals surface area contributed by atoms with E-state index in [1.54, 1.807) is 0 Å². The van der Waals surface area contributed by atoms with Crippen LogP contribution in [0.25, 0.3) is 5.69 Å². The Hall–Kier alpha value is -3.79. The molecule has 0 spiro atoms. The first-order valence-corrected chi connectivity index (χ1v) is 11.0. The number of urea groups is 1. The highest BCUT2D eigenvalue weighted by atomic mass is 16.2. The molecule has 0 saturated heterocycles. The van der Waals surface area contributed by atoms with E-state index in [9.17, 15) is 4.79 Å². The maximum absolute atomic E-state index is 13.8. The van der Waals surface area contributed by atoms with Crippen molar-refractivity contribution in [3.63, 3.8) is 0 Å². The lowest BCUT2D eigenvalue weighted by molar-refractivity contribution is 0.194. The molecule has 0 unspecified atom stereocenters. The summed E-state index contributed by atoms with van der Waals surface area (Å²) < 4.78 is 2.21. The minimum Gasteiger partial charge on any atom is -0.318 e. The van der Waals surface area contributed by atoms with Crippen molar-refractivity contribution in [1.82, 2.24) is 9.47 Å². The fourth-order valence-corrected chi connectivity index (χ4v) is 4.58. The summed E-state index contributed by atoms with van der Waals surface area (Å²) in [4.78, 5) is 15.7. The quantitative estimate of drug-likeness (QED) is 0.392. The van der Waals surface area contributed by atoms with Crippen LogP contribution in [0, 0.1) is 20.8 Å². The molecular weight excluding hydrogens is 394 g/mol. The maximum Gasteiger partial charge on any atom is 0.322 e. The van der Waals surface area contributed by atoms with Crippen molar-refractivity contribution in [1.29, 1.82) is 0 Å². The van der Waals surface area contributed by atoms with Crippen LogP contribution >= 0.6 is 0 Å². The largest absolute Gasteiger partial charge is 0.322 e. The summed E-state index contributed by atoms with van der Waals surface area (Å²) in [6.45, 7) is 6.70. The third kappa shape index (κ3) is 3.58. The average Bonchev–Trinajstić information content (AvgIpc) is 3.21. The molecule has 1 aromatic heterocycles. The standard InChI is InChI=1S/C28H27N3O/c1-19-10-13-22(14-11-19)27-26-9-6-16-30(26)25-8-5-4-7-23(25)18-31(27)28(32)29-24-15-12-20(2)17-21(24)3/h4-17,27H,18H2,1-3H3,(H,29,32)/t27-/m0/s1. The molecule has 2 heterocycles. The van der Waals surface area contributed by atoms with Crippen LogP contribution in [0.15, 0.2) is 85.1 Å². The van der Waals surface area contributed by atoms with Gasteiger partial charge < -0.3 is 14.8 Å². The van der Waals surface area contributed by atoms with Gasteiger partial charge in [-0.3, -0.25) is 0 Å². The molecule has 32 heavy (non-hydrogen) atoms. The van der Waals surface area contributed by atoms with Crippen LogP contribution < -0.4 is 5.32 Å². The lowest BCUT2D eigenvalue weighted by atomic mass is 10.0. The third-order valence-electron chi connectivity index (χ3n) is 6.24. The number of carbonyl (C=O) groups is 1. The lowest BCUT2D eigenvalue weighted by Gasteiger charge is -2.31. The molecule has 4 heteroatoms. The summed E-state index contributed by atoms with van der Waals surface area (Å²) in [5, 5.41) is 3.18. The fourth-order valence-electron chi connectivity index (χ4n) is 4.58. The third-order valence-corrected chi connectivity index (χ3v) is 6.24. The number of aromatic nitrogens is 1. The molecule has 1 N–H and O–H groups in total. The van der Waals surface area contributed by atoms with Gasteiger partial charge in [-0.1, -0.05) is 65.7 Å². The van der Waals surface area contributed by atoms with Gasteiger partial charge in [-0.15, -0.1) is 0 Å². The van der Waals surface area contributed by atoms with E-state index in [1.165, 1.54) is 11.1 Å². The molecule has 1 aliphatic rings. The number of carbonyl (C=O) groups excluding carboxylic acids is 1. The molecule has 1 aliphatic heterocycles. The van der Waals surface area contributed by atoms with E-state index in [4.69, 9.17) is 0 Å². The summed E-state index contributed by atoms with van der Waals surface area (Å²) in [5.74, 6) is 0. The van der Waals surface area contributed by atoms with E-state index >= 15 is 0 Å². The predicted octanol–water partition coefficient (Wildman–Crippen LogP) is 6.54. The van der Waals surface area contributed by atoms with Crippen LogP contribution in [0.4, 0.5) is 10.5 Å². The Labute approximate surface area is 189 Å². The van der Waals surface area contributed by atoms with Gasteiger partial charge in [0.25, 0.3) is 0 Å². The number of nitrogens with one attached hydrogen (secondary N) is 1. The van der Waals surface area contributed by atoms with E-state index < -0.39 is 0 Å². The van der Waals surface area contributed by atoms with E-state index in [0.717, 1.165) is 33.8 Å². The van der Waals surface area contributed by atoms with Gasteiger partial charge in [-0.2, -0.15) is 0 Å². The second-order valence-electron chi connectivity index (χ2n) is 8.62. The molecule has 5 rings (SSSR count). The van der Waals surface area contributed by atoms with Gasteiger partial charge in [0, 0.05) is 17.6 Å². The van der Waals surface area contributed by atoms with Crippen molar-refractivity contribution in [2.45, 2.75) is 33.4 Å². The van der Waals surface area contributed by atoms with Gasteiger partial charge in [0.2, 0.25) is 0 Å².